The summed E-state index contributed by atoms with van der Waals surface area (Å²) in [5, 5.41) is 3.23. The van der Waals surface area contributed by atoms with Crippen LogP contribution < -0.4 is 4.74 Å². The Bertz CT molecular complexity index is 1310. The highest BCUT2D eigenvalue weighted by atomic mass is 35.5. The number of thiazole rings is 1. The first-order chi connectivity index (χ1) is 18.2. The van der Waals surface area contributed by atoms with Crippen molar-refractivity contribution in [3.63, 3.8) is 0 Å². The fourth-order valence-corrected chi connectivity index (χ4v) is 5.38. The van der Waals surface area contributed by atoms with Gasteiger partial charge in [0.2, 0.25) is 0 Å². The van der Waals surface area contributed by atoms with Gasteiger partial charge in [-0.15, -0.1) is 11.3 Å². The lowest BCUT2D eigenvalue weighted by Crippen LogP contribution is -2.07. The quantitative estimate of drug-likeness (QED) is 0.116. The third-order valence-corrected chi connectivity index (χ3v) is 7.72. The molecule has 0 fully saturated rings. The van der Waals surface area contributed by atoms with Crippen molar-refractivity contribution in [2.24, 2.45) is 0 Å². The molecule has 2 aromatic carbocycles. The number of methoxy groups -OCH3 is 1. The van der Waals surface area contributed by atoms with Gasteiger partial charge in [-0.25, -0.2) is 4.98 Å². The van der Waals surface area contributed by atoms with E-state index < -0.39 is 0 Å². The van der Waals surface area contributed by atoms with Gasteiger partial charge in [0.05, 0.1) is 35.4 Å². The van der Waals surface area contributed by atoms with E-state index >= 15 is 0 Å². The van der Waals surface area contributed by atoms with Gasteiger partial charge in [-0.2, -0.15) is 0 Å². The van der Waals surface area contributed by atoms with E-state index in [-0.39, 0.29) is 24.1 Å². The Hall–Kier alpha value is -2.51. The van der Waals surface area contributed by atoms with Gasteiger partial charge in [-0.3, -0.25) is 9.59 Å². The third kappa shape index (κ3) is 7.32. The van der Waals surface area contributed by atoms with Gasteiger partial charge in [0.25, 0.3) is 0 Å². The molecule has 0 N–H and O–H groups in total. The number of allylic oxidation sites excluding steroid dienone is 1. The molecule has 3 aromatic rings. The molecule has 3 rings (SSSR count). The number of carbonyl (C=O) groups excluding carboxylic acids is 2. The van der Waals surface area contributed by atoms with Gasteiger partial charge in [0.15, 0.2) is 11.6 Å². The molecule has 38 heavy (non-hydrogen) atoms. The normalized spacial score (nSPS) is 12.4. The zero-order chi connectivity index (χ0) is 27.8. The lowest BCUT2D eigenvalue weighted by atomic mass is 10.0. The second-order valence-electron chi connectivity index (χ2n) is 9.01. The monoisotopic (exact) mass is 573 g/mol. The van der Waals surface area contributed by atoms with Gasteiger partial charge in [-0.1, -0.05) is 55.6 Å². The van der Waals surface area contributed by atoms with Crippen molar-refractivity contribution >= 4 is 52.2 Å². The maximum atomic E-state index is 13.1. The molecule has 0 bridgehead atoms. The summed E-state index contributed by atoms with van der Waals surface area (Å²) in [4.78, 5) is 29.4. The minimum atomic E-state index is -0.149. The molecule has 0 radical (unpaired) electrons. The van der Waals surface area contributed by atoms with Gasteiger partial charge in [-0.05, 0) is 56.5 Å². The third-order valence-electron chi connectivity index (χ3n) is 6.24. The molecule has 0 saturated heterocycles. The summed E-state index contributed by atoms with van der Waals surface area (Å²) >= 11 is 14.2. The van der Waals surface area contributed by atoms with Crippen LogP contribution in [-0.2, 0) is 16.0 Å². The van der Waals surface area contributed by atoms with Gasteiger partial charge in [0.1, 0.15) is 10.8 Å². The van der Waals surface area contributed by atoms with Crippen molar-refractivity contribution < 1.29 is 19.1 Å². The Kier molecular flexibility index (Phi) is 11.1. The molecule has 0 saturated carbocycles. The number of rotatable bonds is 13. The average molecular weight is 575 g/mol. The van der Waals surface area contributed by atoms with Crippen molar-refractivity contribution in [2.75, 3.05) is 13.7 Å². The minimum Gasteiger partial charge on any atom is -0.496 e. The molecule has 1 atom stereocenters. The number of hydrogen-bond donors (Lipinski definition) is 0. The molecule has 0 spiro atoms. The first kappa shape index (κ1) is 30.0. The van der Waals surface area contributed by atoms with Crippen LogP contribution in [0.1, 0.15) is 79.6 Å². The predicted molar refractivity (Wildman–Crippen MR) is 157 cm³/mol. The highest BCUT2D eigenvalue weighted by Gasteiger charge is 2.21. The molecule has 0 aliphatic carbocycles. The van der Waals surface area contributed by atoms with Crippen LogP contribution in [0.5, 0.6) is 5.75 Å². The summed E-state index contributed by atoms with van der Waals surface area (Å²) in [6.45, 7) is 8.11. The van der Waals surface area contributed by atoms with Crippen LogP contribution in [0.15, 0.2) is 41.3 Å². The number of ether oxygens (including phenoxy) is 2. The number of unbranched alkanes of at least 4 members (excludes halogenated alkanes) is 1. The molecule has 0 aliphatic rings. The fraction of sp³-hybridized carbons (Fsp3) is 0.367. The van der Waals surface area contributed by atoms with E-state index in [0.717, 1.165) is 41.8 Å². The molecule has 0 aliphatic heterocycles. The molecule has 1 unspecified atom stereocenters. The van der Waals surface area contributed by atoms with E-state index in [9.17, 15) is 9.59 Å². The number of carbonyl (C=O) groups is 2. The zero-order valence-electron chi connectivity index (χ0n) is 22.4. The largest absolute Gasteiger partial charge is 0.496 e. The summed E-state index contributed by atoms with van der Waals surface area (Å²) in [6, 6.07) is 9.15. The lowest BCUT2D eigenvalue weighted by molar-refractivity contribution is -0.113. The smallest absolute Gasteiger partial charge is 0.169 e. The molecular weight excluding hydrogens is 541 g/mol. The van der Waals surface area contributed by atoms with E-state index in [4.69, 9.17) is 37.7 Å². The second kappa shape index (κ2) is 14.0. The highest BCUT2D eigenvalue weighted by Crippen LogP contribution is 2.39. The van der Waals surface area contributed by atoms with Crippen LogP contribution in [0.4, 0.5) is 0 Å². The van der Waals surface area contributed by atoms with Gasteiger partial charge in [0, 0.05) is 34.2 Å². The number of nitrogens with zero attached hydrogens (tertiary/aromatic N) is 1. The Labute approximate surface area is 238 Å². The maximum Gasteiger partial charge on any atom is 0.169 e. The first-order valence-corrected chi connectivity index (χ1v) is 14.3. The van der Waals surface area contributed by atoms with E-state index in [1.54, 1.807) is 32.2 Å². The lowest BCUT2D eigenvalue weighted by Gasteiger charge is -2.20. The summed E-state index contributed by atoms with van der Waals surface area (Å²) in [7, 11) is 1.65. The summed E-state index contributed by atoms with van der Waals surface area (Å²) in [5.41, 5.74) is 4.04. The zero-order valence-corrected chi connectivity index (χ0v) is 24.7. The molecular formula is C30H33Cl2NO4S. The van der Waals surface area contributed by atoms with E-state index in [1.165, 1.54) is 18.3 Å². The molecule has 0 amide bonds. The number of aromatic nitrogens is 1. The number of para-hydroxylation sites is 1. The minimum absolute atomic E-state index is 0.0670. The SMILES string of the molecule is CCCCOC(CC)c1cccc(-c2csc(CC(=O)c3cc(Cl)c(/C=C(\C)C(C)=O)c(Cl)c3)n2)c1OC. The van der Waals surface area contributed by atoms with Crippen LogP contribution in [-0.4, -0.2) is 30.3 Å². The van der Waals surface area contributed by atoms with Crippen LogP contribution in [0.25, 0.3) is 17.3 Å². The fourth-order valence-electron chi connectivity index (χ4n) is 3.99. The van der Waals surface area contributed by atoms with Crippen molar-refractivity contribution in [3.05, 3.63) is 73.0 Å². The van der Waals surface area contributed by atoms with Crippen LogP contribution in [0, 0.1) is 0 Å². The number of ketones is 2. The number of halogens is 2. The van der Waals surface area contributed by atoms with E-state index in [0.29, 0.717) is 38.4 Å². The first-order valence-electron chi connectivity index (χ1n) is 12.6. The Balaban J connectivity index is 1.84. The van der Waals surface area contributed by atoms with Crippen molar-refractivity contribution in [1.82, 2.24) is 4.98 Å². The van der Waals surface area contributed by atoms with E-state index in [1.807, 2.05) is 23.6 Å². The predicted octanol–water partition coefficient (Wildman–Crippen LogP) is 8.81. The van der Waals surface area contributed by atoms with Crippen molar-refractivity contribution in [2.45, 2.75) is 59.5 Å². The maximum absolute atomic E-state index is 13.1. The number of hydrogen-bond acceptors (Lipinski definition) is 6. The summed E-state index contributed by atoms with van der Waals surface area (Å²) in [5.74, 6) is 0.514. The summed E-state index contributed by atoms with van der Waals surface area (Å²) in [6.07, 6.45) is 4.59. The molecule has 1 heterocycles. The molecule has 5 nitrogen and oxygen atoms in total. The van der Waals surface area contributed by atoms with Gasteiger partial charge >= 0.3 is 0 Å². The van der Waals surface area contributed by atoms with Crippen molar-refractivity contribution in [3.8, 4) is 17.0 Å². The second-order valence-corrected chi connectivity index (χ2v) is 10.8. The molecule has 8 heteroatoms. The summed E-state index contributed by atoms with van der Waals surface area (Å²) < 4.78 is 12.0. The molecule has 202 valence electrons. The Morgan fingerprint density at radius 3 is 2.45 bits per heavy atom. The molecule has 1 aromatic heterocycles. The average Bonchev–Trinajstić information content (AvgIpc) is 3.36. The Morgan fingerprint density at radius 1 is 1.13 bits per heavy atom. The van der Waals surface area contributed by atoms with Crippen LogP contribution in [0.2, 0.25) is 10.0 Å². The van der Waals surface area contributed by atoms with E-state index in [2.05, 4.69) is 13.8 Å². The van der Waals surface area contributed by atoms with Crippen LogP contribution in [0.3, 0.4) is 0 Å². The highest BCUT2D eigenvalue weighted by molar-refractivity contribution is 7.10. The van der Waals surface area contributed by atoms with Gasteiger partial charge < -0.3 is 9.47 Å². The number of benzene rings is 2. The topological polar surface area (TPSA) is 65.5 Å². The van der Waals surface area contributed by atoms with Crippen molar-refractivity contribution in [1.29, 1.82) is 0 Å². The number of Topliss-reactive ketones (excluding diaryl/α,β-unsaturated/α-hetero) is 2. The standard InChI is InChI=1S/C30H33Cl2NO4S/c1-6-8-12-37-28(7-2)22-11-9-10-21(30(22)36-5)26-17-38-29(33-26)16-27(35)20-14-24(31)23(25(32)15-20)13-18(3)19(4)34/h9-11,13-15,17,28H,6-8,12,16H2,1-5H3/b18-13+. The van der Waals surface area contributed by atoms with Crippen LogP contribution >= 0.6 is 34.5 Å². The Morgan fingerprint density at radius 2 is 1.84 bits per heavy atom.